The fraction of sp³-hybridized carbons (Fsp3) is 0.500. The Bertz CT molecular complexity index is 899. The van der Waals surface area contributed by atoms with Gasteiger partial charge in [-0.25, -0.2) is 4.98 Å². The monoisotopic (exact) mass is 396 g/mol. The molecule has 4 rings (SSSR count). The Morgan fingerprint density at radius 3 is 2.72 bits per heavy atom. The standard InChI is InChI=1S/C22H28N4O3/c1-2-29-18-13-6-5-11-16(18)24-21(27)19-17-12-7-8-14-26(17)20(25-19)22(28)23-15-9-3-4-10-15/h5-6,11,13,15H,2-4,7-10,12,14H2,1H3,(H,23,28)(H,24,27). The number of para-hydroxylation sites is 2. The number of benzene rings is 1. The zero-order valence-electron chi connectivity index (χ0n) is 16.9. The van der Waals surface area contributed by atoms with Crippen LogP contribution in [0.3, 0.4) is 0 Å². The van der Waals surface area contributed by atoms with Crippen LogP contribution >= 0.6 is 0 Å². The third-order valence-electron chi connectivity index (χ3n) is 5.66. The van der Waals surface area contributed by atoms with E-state index in [0.29, 0.717) is 29.6 Å². The number of hydrogen-bond acceptors (Lipinski definition) is 4. The predicted octanol–water partition coefficient (Wildman–Crippen LogP) is 3.54. The molecule has 1 aromatic carbocycles. The predicted molar refractivity (Wildman–Crippen MR) is 110 cm³/mol. The molecule has 7 heteroatoms. The minimum Gasteiger partial charge on any atom is -0.492 e. The highest BCUT2D eigenvalue weighted by atomic mass is 16.5. The fourth-order valence-corrected chi connectivity index (χ4v) is 4.25. The van der Waals surface area contributed by atoms with Crippen LogP contribution in [0.4, 0.5) is 5.69 Å². The lowest BCUT2D eigenvalue weighted by Gasteiger charge is -2.18. The Kier molecular flexibility index (Phi) is 5.83. The first-order valence-corrected chi connectivity index (χ1v) is 10.6. The molecular formula is C22H28N4O3. The number of nitrogens with one attached hydrogen (secondary N) is 2. The molecule has 1 aliphatic heterocycles. The number of anilines is 1. The topological polar surface area (TPSA) is 85.2 Å². The summed E-state index contributed by atoms with van der Waals surface area (Å²) in [5, 5.41) is 6.01. The van der Waals surface area contributed by atoms with E-state index in [-0.39, 0.29) is 17.9 Å². The Balaban J connectivity index is 1.59. The second kappa shape index (κ2) is 8.68. The molecule has 7 nitrogen and oxygen atoms in total. The van der Waals surface area contributed by atoms with E-state index in [9.17, 15) is 9.59 Å². The van der Waals surface area contributed by atoms with E-state index < -0.39 is 0 Å². The summed E-state index contributed by atoms with van der Waals surface area (Å²) in [5.74, 6) is 0.502. The Hall–Kier alpha value is -2.83. The average molecular weight is 396 g/mol. The summed E-state index contributed by atoms with van der Waals surface area (Å²) in [4.78, 5) is 30.4. The lowest BCUT2D eigenvalue weighted by molar-refractivity contribution is 0.0921. The molecule has 1 aliphatic carbocycles. The van der Waals surface area contributed by atoms with Crippen LogP contribution in [-0.4, -0.2) is 34.0 Å². The Morgan fingerprint density at radius 1 is 1.14 bits per heavy atom. The van der Waals surface area contributed by atoms with E-state index in [0.717, 1.165) is 57.2 Å². The fourth-order valence-electron chi connectivity index (χ4n) is 4.25. The van der Waals surface area contributed by atoms with Crippen LogP contribution in [0, 0.1) is 0 Å². The molecular weight excluding hydrogens is 368 g/mol. The molecule has 0 bridgehead atoms. The van der Waals surface area contributed by atoms with Crippen molar-refractivity contribution < 1.29 is 14.3 Å². The van der Waals surface area contributed by atoms with Gasteiger partial charge >= 0.3 is 0 Å². The number of aromatic nitrogens is 2. The maximum atomic E-state index is 13.0. The molecule has 1 fully saturated rings. The Morgan fingerprint density at radius 2 is 1.93 bits per heavy atom. The molecule has 2 aromatic rings. The number of carbonyl (C=O) groups is 2. The molecule has 0 atom stereocenters. The first kappa shape index (κ1) is 19.5. The number of imidazole rings is 1. The van der Waals surface area contributed by atoms with E-state index >= 15 is 0 Å². The van der Waals surface area contributed by atoms with Gasteiger partial charge in [-0.05, 0) is 51.2 Å². The maximum absolute atomic E-state index is 13.0. The molecule has 2 aliphatic rings. The third kappa shape index (κ3) is 4.13. The normalized spacial score (nSPS) is 16.3. The van der Waals surface area contributed by atoms with Crippen molar-refractivity contribution in [2.75, 3.05) is 11.9 Å². The van der Waals surface area contributed by atoms with Crippen LogP contribution in [0.1, 0.15) is 72.3 Å². The van der Waals surface area contributed by atoms with Gasteiger partial charge in [0.05, 0.1) is 18.0 Å². The number of carbonyl (C=O) groups excluding carboxylic acids is 2. The second-order valence-corrected chi connectivity index (χ2v) is 7.68. The molecule has 0 spiro atoms. The number of fused-ring (bicyclic) bond motifs is 1. The van der Waals surface area contributed by atoms with Gasteiger partial charge in [0.1, 0.15) is 5.75 Å². The van der Waals surface area contributed by atoms with Gasteiger partial charge in [0, 0.05) is 12.6 Å². The van der Waals surface area contributed by atoms with Crippen molar-refractivity contribution in [3.8, 4) is 5.75 Å². The molecule has 1 aromatic heterocycles. The highest BCUT2D eigenvalue weighted by Crippen LogP contribution is 2.27. The molecule has 2 N–H and O–H groups in total. The van der Waals surface area contributed by atoms with Crippen molar-refractivity contribution in [1.29, 1.82) is 0 Å². The number of nitrogens with zero attached hydrogens (tertiary/aromatic N) is 2. The molecule has 29 heavy (non-hydrogen) atoms. The van der Waals surface area contributed by atoms with Crippen LogP contribution in [0.25, 0.3) is 0 Å². The number of rotatable bonds is 6. The number of amides is 2. The molecule has 2 heterocycles. The van der Waals surface area contributed by atoms with Crippen molar-refractivity contribution in [3.63, 3.8) is 0 Å². The smallest absolute Gasteiger partial charge is 0.287 e. The molecule has 0 radical (unpaired) electrons. The lowest BCUT2D eigenvalue weighted by atomic mass is 10.1. The van der Waals surface area contributed by atoms with E-state index in [2.05, 4.69) is 15.6 Å². The quantitative estimate of drug-likeness (QED) is 0.782. The minimum absolute atomic E-state index is 0.172. The highest BCUT2D eigenvalue weighted by molar-refractivity contribution is 6.05. The van der Waals surface area contributed by atoms with Crippen molar-refractivity contribution in [2.24, 2.45) is 0 Å². The largest absolute Gasteiger partial charge is 0.492 e. The van der Waals surface area contributed by atoms with Crippen LogP contribution in [-0.2, 0) is 13.0 Å². The summed E-state index contributed by atoms with van der Waals surface area (Å²) in [6.45, 7) is 3.14. The van der Waals surface area contributed by atoms with E-state index in [1.807, 2.05) is 29.7 Å². The summed E-state index contributed by atoms with van der Waals surface area (Å²) in [5.41, 5.74) is 1.79. The lowest BCUT2D eigenvalue weighted by Crippen LogP contribution is -2.35. The maximum Gasteiger partial charge on any atom is 0.287 e. The van der Waals surface area contributed by atoms with Gasteiger partial charge in [0.15, 0.2) is 11.5 Å². The van der Waals surface area contributed by atoms with Crippen molar-refractivity contribution in [1.82, 2.24) is 14.9 Å². The van der Waals surface area contributed by atoms with Gasteiger partial charge in [-0.15, -0.1) is 0 Å². The molecule has 2 amide bonds. The summed E-state index contributed by atoms with van der Waals surface area (Å²) in [7, 11) is 0. The highest BCUT2D eigenvalue weighted by Gasteiger charge is 2.29. The second-order valence-electron chi connectivity index (χ2n) is 7.68. The molecule has 0 saturated heterocycles. The first-order valence-electron chi connectivity index (χ1n) is 10.6. The van der Waals surface area contributed by atoms with Crippen molar-refractivity contribution in [2.45, 2.75) is 64.5 Å². The van der Waals surface area contributed by atoms with Crippen LogP contribution in [0.5, 0.6) is 5.75 Å². The molecule has 154 valence electrons. The molecule has 1 saturated carbocycles. The van der Waals surface area contributed by atoms with Gasteiger partial charge in [0.25, 0.3) is 11.8 Å². The molecule has 0 unspecified atom stereocenters. The Labute approximate surface area is 170 Å². The van der Waals surface area contributed by atoms with Crippen LogP contribution in [0.2, 0.25) is 0 Å². The zero-order valence-corrected chi connectivity index (χ0v) is 16.9. The van der Waals surface area contributed by atoms with Crippen LogP contribution in [0.15, 0.2) is 24.3 Å². The third-order valence-corrected chi connectivity index (χ3v) is 5.66. The van der Waals surface area contributed by atoms with E-state index in [1.54, 1.807) is 6.07 Å². The van der Waals surface area contributed by atoms with Gasteiger partial charge in [-0.1, -0.05) is 25.0 Å². The minimum atomic E-state index is -0.303. The average Bonchev–Trinajstić information content (AvgIpc) is 3.37. The van der Waals surface area contributed by atoms with Gasteiger partial charge in [0.2, 0.25) is 0 Å². The van der Waals surface area contributed by atoms with Gasteiger partial charge < -0.3 is 19.9 Å². The van der Waals surface area contributed by atoms with Crippen molar-refractivity contribution in [3.05, 3.63) is 41.5 Å². The summed E-state index contributed by atoms with van der Waals surface area (Å²) in [6, 6.07) is 7.56. The number of hydrogen-bond donors (Lipinski definition) is 2. The van der Waals surface area contributed by atoms with Crippen LogP contribution < -0.4 is 15.4 Å². The zero-order chi connectivity index (χ0) is 20.2. The van der Waals surface area contributed by atoms with Gasteiger partial charge in [-0.3, -0.25) is 9.59 Å². The summed E-state index contributed by atoms with van der Waals surface area (Å²) < 4.78 is 7.53. The first-order chi connectivity index (χ1) is 14.2. The summed E-state index contributed by atoms with van der Waals surface area (Å²) >= 11 is 0. The van der Waals surface area contributed by atoms with Gasteiger partial charge in [-0.2, -0.15) is 0 Å². The number of ether oxygens (including phenoxy) is 1. The van der Waals surface area contributed by atoms with E-state index in [4.69, 9.17) is 4.74 Å². The van der Waals surface area contributed by atoms with Crippen molar-refractivity contribution >= 4 is 17.5 Å². The summed E-state index contributed by atoms with van der Waals surface area (Å²) in [6.07, 6.45) is 7.06. The van der Waals surface area contributed by atoms with E-state index in [1.165, 1.54) is 0 Å². The SMILES string of the molecule is CCOc1ccccc1NC(=O)c1nc(C(=O)NC2CCCC2)n2c1CCCC2.